The van der Waals surface area contributed by atoms with Gasteiger partial charge in [-0.1, -0.05) is 35.9 Å². The van der Waals surface area contributed by atoms with Crippen LogP contribution < -0.4 is 5.73 Å². The van der Waals surface area contributed by atoms with Crippen LogP contribution in [-0.4, -0.2) is 29.9 Å². The van der Waals surface area contributed by atoms with Gasteiger partial charge in [-0.25, -0.2) is 0 Å². The Kier molecular flexibility index (Phi) is 4.38. The molecule has 2 atom stereocenters. The van der Waals surface area contributed by atoms with E-state index in [4.69, 9.17) is 5.73 Å². The van der Waals surface area contributed by atoms with Crippen molar-refractivity contribution in [2.24, 2.45) is 5.73 Å². The first-order valence-corrected chi connectivity index (χ1v) is 6.82. The van der Waals surface area contributed by atoms with E-state index in [1.165, 1.54) is 5.56 Å². The van der Waals surface area contributed by atoms with E-state index in [2.05, 4.69) is 12.1 Å². The fourth-order valence-electron chi connectivity index (χ4n) is 2.63. The molecule has 2 rings (SSSR count). The van der Waals surface area contributed by atoms with Crippen molar-refractivity contribution in [1.29, 1.82) is 0 Å². The number of carbonyl (C=O) groups is 1. The highest BCUT2D eigenvalue weighted by molar-refractivity contribution is 5.88. The fraction of sp³-hybridized carbons (Fsp3) is 0.438. The highest BCUT2D eigenvalue weighted by atomic mass is 16.2. The fourth-order valence-corrected chi connectivity index (χ4v) is 2.63. The van der Waals surface area contributed by atoms with Gasteiger partial charge in [0.05, 0.1) is 0 Å². The summed E-state index contributed by atoms with van der Waals surface area (Å²) < 4.78 is 0. The van der Waals surface area contributed by atoms with E-state index in [0.29, 0.717) is 12.5 Å². The molecule has 0 aromatic heterocycles. The summed E-state index contributed by atoms with van der Waals surface area (Å²) in [7, 11) is 0. The minimum absolute atomic E-state index is 0.0191. The van der Waals surface area contributed by atoms with Crippen LogP contribution in [0.15, 0.2) is 42.0 Å². The molecule has 1 heterocycles. The lowest BCUT2D eigenvalue weighted by atomic mass is 9.86. The van der Waals surface area contributed by atoms with Gasteiger partial charge in [0.2, 0.25) is 5.91 Å². The maximum absolute atomic E-state index is 12.0. The van der Waals surface area contributed by atoms with Crippen LogP contribution in [0.3, 0.4) is 0 Å². The van der Waals surface area contributed by atoms with Crippen LogP contribution in [0.1, 0.15) is 31.7 Å². The van der Waals surface area contributed by atoms with Crippen LogP contribution in [0.2, 0.25) is 0 Å². The van der Waals surface area contributed by atoms with Gasteiger partial charge in [-0.05, 0) is 25.8 Å². The van der Waals surface area contributed by atoms with Gasteiger partial charge in [-0.3, -0.25) is 4.79 Å². The average Bonchev–Trinajstić information content (AvgIpc) is 2.38. The minimum atomic E-state index is 0.0191. The molecule has 1 aromatic carbocycles. The van der Waals surface area contributed by atoms with Crippen molar-refractivity contribution >= 4 is 5.91 Å². The van der Waals surface area contributed by atoms with Crippen LogP contribution in [0, 0.1) is 0 Å². The molecule has 2 unspecified atom stereocenters. The summed E-state index contributed by atoms with van der Waals surface area (Å²) in [5.41, 5.74) is 8.57. The summed E-state index contributed by atoms with van der Waals surface area (Å²) in [6, 6.07) is 10.4. The molecule has 0 bridgehead atoms. The minimum Gasteiger partial charge on any atom is -0.338 e. The summed E-state index contributed by atoms with van der Waals surface area (Å²) in [4.78, 5) is 13.8. The quantitative estimate of drug-likeness (QED) is 0.827. The van der Waals surface area contributed by atoms with E-state index in [1.807, 2.05) is 36.9 Å². The molecule has 0 radical (unpaired) electrons. The number of nitrogens with zero attached hydrogens (tertiary/aromatic N) is 1. The number of carbonyl (C=O) groups excluding carboxylic acids is 1. The first kappa shape index (κ1) is 13.8. The normalized spacial score (nSPS) is 23.0. The predicted molar refractivity (Wildman–Crippen MR) is 77.8 cm³/mol. The van der Waals surface area contributed by atoms with E-state index < -0.39 is 0 Å². The molecule has 0 aliphatic carbocycles. The molecular formula is C16H22N2O. The molecular weight excluding hydrogens is 236 g/mol. The zero-order valence-corrected chi connectivity index (χ0v) is 11.7. The van der Waals surface area contributed by atoms with Gasteiger partial charge in [-0.2, -0.15) is 0 Å². The maximum atomic E-state index is 12.0. The number of amides is 1. The summed E-state index contributed by atoms with van der Waals surface area (Å²) in [6.45, 7) is 5.31. The van der Waals surface area contributed by atoms with Crippen LogP contribution in [-0.2, 0) is 4.79 Å². The molecule has 3 nitrogen and oxygen atoms in total. The standard InChI is InChI=1S/C16H22N2O/c1-12(2)10-16(19)18-9-8-14(15(17)11-18)13-6-4-3-5-7-13/h3-7,10,14-15H,8-9,11,17H2,1-2H3. The van der Waals surface area contributed by atoms with Gasteiger partial charge < -0.3 is 10.6 Å². The van der Waals surface area contributed by atoms with Crippen molar-refractivity contribution in [2.45, 2.75) is 32.2 Å². The number of nitrogens with two attached hydrogens (primary N) is 1. The highest BCUT2D eigenvalue weighted by Gasteiger charge is 2.29. The molecule has 3 heteroatoms. The van der Waals surface area contributed by atoms with Gasteiger partial charge in [-0.15, -0.1) is 0 Å². The Morgan fingerprint density at radius 1 is 1.32 bits per heavy atom. The van der Waals surface area contributed by atoms with Crippen molar-refractivity contribution in [1.82, 2.24) is 4.90 Å². The second kappa shape index (κ2) is 6.02. The molecule has 0 saturated carbocycles. The number of hydrogen-bond donors (Lipinski definition) is 1. The number of hydrogen-bond acceptors (Lipinski definition) is 2. The molecule has 102 valence electrons. The average molecular weight is 258 g/mol. The van der Waals surface area contributed by atoms with E-state index in [-0.39, 0.29) is 11.9 Å². The Hall–Kier alpha value is -1.61. The Morgan fingerprint density at radius 2 is 2.00 bits per heavy atom. The Balaban J connectivity index is 2.03. The molecule has 2 N–H and O–H groups in total. The zero-order chi connectivity index (χ0) is 13.8. The summed E-state index contributed by atoms with van der Waals surface area (Å²) >= 11 is 0. The number of likely N-dealkylation sites (tertiary alicyclic amines) is 1. The third kappa shape index (κ3) is 3.44. The lowest BCUT2D eigenvalue weighted by molar-refractivity contribution is -0.127. The van der Waals surface area contributed by atoms with Gasteiger partial charge in [0.15, 0.2) is 0 Å². The number of piperidine rings is 1. The van der Waals surface area contributed by atoms with Crippen molar-refractivity contribution in [3.8, 4) is 0 Å². The Morgan fingerprint density at radius 3 is 2.58 bits per heavy atom. The molecule has 0 spiro atoms. The highest BCUT2D eigenvalue weighted by Crippen LogP contribution is 2.27. The third-order valence-electron chi connectivity index (χ3n) is 3.61. The smallest absolute Gasteiger partial charge is 0.246 e. The van der Waals surface area contributed by atoms with E-state index >= 15 is 0 Å². The van der Waals surface area contributed by atoms with Crippen LogP contribution in [0.25, 0.3) is 0 Å². The predicted octanol–water partition coefficient (Wildman–Crippen LogP) is 2.30. The van der Waals surface area contributed by atoms with Gasteiger partial charge in [0.25, 0.3) is 0 Å². The van der Waals surface area contributed by atoms with Crippen molar-refractivity contribution in [3.05, 3.63) is 47.5 Å². The van der Waals surface area contributed by atoms with Crippen LogP contribution >= 0.6 is 0 Å². The van der Waals surface area contributed by atoms with E-state index in [9.17, 15) is 4.79 Å². The molecule has 1 aromatic rings. The second-order valence-corrected chi connectivity index (χ2v) is 5.48. The Bertz CT molecular complexity index is 463. The molecule has 1 aliphatic heterocycles. The lowest BCUT2D eigenvalue weighted by Crippen LogP contribution is -2.49. The maximum Gasteiger partial charge on any atom is 0.246 e. The zero-order valence-electron chi connectivity index (χ0n) is 11.7. The van der Waals surface area contributed by atoms with Gasteiger partial charge in [0.1, 0.15) is 0 Å². The van der Waals surface area contributed by atoms with E-state index in [1.54, 1.807) is 6.08 Å². The van der Waals surface area contributed by atoms with Crippen molar-refractivity contribution < 1.29 is 4.79 Å². The first-order chi connectivity index (χ1) is 9.08. The molecule has 1 amide bonds. The molecule has 1 aliphatic rings. The number of benzene rings is 1. The Labute approximate surface area is 115 Å². The molecule has 19 heavy (non-hydrogen) atoms. The van der Waals surface area contributed by atoms with Crippen molar-refractivity contribution in [2.75, 3.05) is 13.1 Å². The second-order valence-electron chi connectivity index (χ2n) is 5.48. The molecule has 1 saturated heterocycles. The summed E-state index contributed by atoms with van der Waals surface area (Å²) in [6.07, 6.45) is 2.63. The lowest BCUT2D eigenvalue weighted by Gasteiger charge is -2.36. The number of rotatable bonds is 2. The van der Waals surface area contributed by atoms with E-state index in [0.717, 1.165) is 18.5 Å². The SMILES string of the molecule is CC(C)=CC(=O)N1CCC(c2ccccc2)C(N)C1. The molecule has 1 fully saturated rings. The summed E-state index contributed by atoms with van der Waals surface area (Å²) in [5.74, 6) is 0.443. The van der Waals surface area contributed by atoms with Crippen LogP contribution in [0.5, 0.6) is 0 Å². The first-order valence-electron chi connectivity index (χ1n) is 6.82. The number of allylic oxidation sites excluding steroid dienone is 1. The van der Waals surface area contributed by atoms with Gasteiger partial charge >= 0.3 is 0 Å². The van der Waals surface area contributed by atoms with Crippen LogP contribution in [0.4, 0.5) is 0 Å². The van der Waals surface area contributed by atoms with Crippen molar-refractivity contribution in [3.63, 3.8) is 0 Å². The summed E-state index contributed by atoms with van der Waals surface area (Å²) in [5, 5.41) is 0. The largest absolute Gasteiger partial charge is 0.338 e. The third-order valence-corrected chi connectivity index (χ3v) is 3.61. The topological polar surface area (TPSA) is 46.3 Å². The van der Waals surface area contributed by atoms with Gasteiger partial charge in [0, 0.05) is 31.1 Å². The monoisotopic (exact) mass is 258 g/mol.